The van der Waals surface area contributed by atoms with Crippen LogP contribution in [0.4, 0.5) is 11.4 Å². The molecule has 6 nitrogen and oxygen atoms in total. The Hall–Kier alpha value is -2.92. The number of para-hydroxylation sites is 3. The molecule has 0 atom stereocenters. The topological polar surface area (TPSA) is 87.1 Å². The smallest absolute Gasteiger partial charge is 0.359 e. The van der Waals surface area contributed by atoms with E-state index in [1.807, 2.05) is 36.4 Å². The standard InChI is InChI=1S/C20H18NO5P/c22-20(15-26-18-13-7-8-14-19(18)27(23,24)25)21(16-9-3-1-4-10-16)17-11-5-2-6-12-17/h1-14H,15H2,(H2,23,24,25). The minimum absolute atomic E-state index is 0.0137. The van der Waals surface area contributed by atoms with E-state index in [1.54, 1.807) is 30.3 Å². The van der Waals surface area contributed by atoms with Gasteiger partial charge in [-0.3, -0.25) is 14.3 Å². The maximum atomic E-state index is 12.9. The van der Waals surface area contributed by atoms with Crippen molar-refractivity contribution in [1.29, 1.82) is 0 Å². The van der Waals surface area contributed by atoms with Gasteiger partial charge in [0.15, 0.2) is 6.61 Å². The second kappa shape index (κ2) is 8.18. The highest BCUT2D eigenvalue weighted by molar-refractivity contribution is 7.60. The van der Waals surface area contributed by atoms with Gasteiger partial charge in [0.1, 0.15) is 11.1 Å². The van der Waals surface area contributed by atoms with Crippen LogP contribution in [0.25, 0.3) is 0 Å². The van der Waals surface area contributed by atoms with Gasteiger partial charge in [0, 0.05) is 11.4 Å². The van der Waals surface area contributed by atoms with Gasteiger partial charge in [-0.2, -0.15) is 0 Å². The number of benzene rings is 3. The van der Waals surface area contributed by atoms with E-state index in [9.17, 15) is 19.1 Å². The second-order valence-corrected chi connectivity index (χ2v) is 7.27. The van der Waals surface area contributed by atoms with Gasteiger partial charge in [0.05, 0.1) is 0 Å². The van der Waals surface area contributed by atoms with E-state index in [-0.39, 0.29) is 23.6 Å². The summed E-state index contributed by atoms with van der Waals surface area (Å²) in [6.45, 7) is -0.374. The van der Waals surface area contributed by atoms with Gasteiger partial charge in [-0.15, -0.1) is 0 Å². The van der Waals surface area contributed by atoms with Crippen LogP contribution in [0.15, 0.2) is 84.9 Å². The molecule has 0 radical (unpaired) electrons. The monoisotopic (exact) mass is 383 g/mol. The molecule has 138 valence electrons. The molecule has 3 aromatic rings. The largest absolute Gasteiger partial charge is 0.483 e. The van der Waals surface area contributed by atoms with E-state index in [1.165, 1.54) is 23.1 Å². The Morgan fingerprint density at radius 3 is 1.81 bits per heavy atom. The quantitative estimate of drug-likeness (QED) is 0.638. The van der Waals surface area contributed by atoms with Crippen LogP contribution in [0.2, 0.25) is 0 Å². The van der Waals surface area contributed by atoms with Crippen molar-refractivity contribution >= 4 is 30.2 Å². The molecule has 0 aliphatic heterocycles. The number of nitrogens with zero attached hydrogens (tertiary/aromatic N) is 1. The third-order valence-electron chi connectivity index (χ3n) is 3.81. The van der Waals surface area contributed by atoms with Gasteiger partial charge in [-0.05, 0) is 36.4 Å². The normalized spacial score (nSPS) is 11.0. The first-order chi connectivity index (χ1) is 13.0. The van der Waals surface area contributed by atoms with Crippen LogP contribution in [0.5, 0.6) is 5.75 Å². The van der Waals surface area contributed by atoms with Crippen LogP contribution in [0.3, 0.4) is 0 Å². The summed E-state index contributed by atoms with van der Waals surface area (Å²) in [7, 11) is -4.51. The molecule has 27 heavy (non-hydrogen) atoms. The minimum Gasteiger partial charge on any atom is -0.483 e. The maximum Gasteiger partial charge on any atom is 0.359 e. The Kier molecular flexibility index (Phi) is 5.72. The number of hydrogen-bond donors (Lipinski definition) is 2. The lowest BCUT2D eigenvalue weighted by molar-refractivity contribution is -0.119. The van der Waals surface area contributed by atoms with Gasteiger partial charge in [-0.1, -0.05) is 48.5 Å². The van der Waals surface area contributed by atoms with Crippen molar-refractivity contribution in [3.05, 3.63) is 84.9 Å². The van der Waals surface area contributed by atoms with Crippen LogP contribution < -0.4 is 14.9 Å². The first-order valence-electron chi connectivity index (χ1n) is 8.18. The third-order valence-corrected chi connectivity index (χ3v) is 4.81. The Morgan fingerprint density at radius 1 is 0.815 bits per heavy atom. The van der Waals surface area contributed by atoms with Gasteiger partial charge in [0.2, 0.25) is 0 Å². The highest BCUT2D eigenvalue weighted by atomic mass is 31.2. The summed E-state index contributed by atoms with van der Waals surface area (Å²) in [5.74, 6) is -0.381. The lowest BCUT2D eigenvalue weighted by Gasteiger charge is -2.23. The Balaban J connectivity index is 1.86. The van der Waals surface area contributed by atoms with Gasteiger partial charge in [0.25, 0.3) is 5.91 Å². The summed E-state index contributed by atoms with van der Waals surface area (Å²) in [6, 6.07) is 24.0. The number of hydrogen-bond acceptors (Lipinski definition) is 3. The first-order valence-corrected chi connectivity index (χ1v) is 9.79. The molecule has 7 heteroatoms. The SMILES string of the molecule is O=C(COc1ccccc1P(=O)(O)O)N(c1ccccc1)c1ccccc1. The molecule has 0 spiro atoms. The number of carbonyl (C=O) groups excluding carboxylic acids is 1. The number of rotatable bonds is 6. The Morgan fingerprint density at radius 2 is 1.30 bits per heavy atom. The Labute approximate surface area is 156 Å². The minimum atomic E-state index is -4.51. The summed E-state index contributed by atoms with van der Waals surface area (Å²) in [6.07, 6.45) is 0. The lowest BCUT2D eigenvalue weighted by atomic mass is 10.2. The van der Waals surface area contributed by atoms with E-state index < -0.39 is 7.60 Å². The van der Waals surface area contributed by atoms with Crippen molar-refractivity contribution < 1.29 is 23.9 Å². The predicted molar refractivity (Wildman–Crippen MR) is 104 cm³/mol. The molecule has 2 N–H and O–H groups in total. The first kappa shape index (κ1) is 18.9. The van der Waals surface area contributed by atoms with Crippen LogP contribution in [-0.2, 0) is 9.36 Å². The molecule has 0 aliphatic rings. The van der Waals surface area contributed by atoms with Crippen molar-refractivity contribution in [3.63, 3.8) is 0 Å². The fraction of sp³-hybridized carbons (Fsp3) is 0.0500. The van der Waals surface area contributed by atoms with E-state index in [0.717, 1.165) is 0 Å². The van der Waals surface area contributed by atoms with Gasteiger partial charge in [-0.25, -0.2) is 0 Å². The van der Waals surface area contributed by atoms with E-state index in [0.29, 0.717) is 11.4 Å². The number of carbonyl (C=O) groups is 1. The van der Waals surface area contributed by atoms with Crippen LogP contribution >= 0.6 is 7.60 Å². The zero-order chi connectivity index (χ0) is 19.3. The summed E-state index contributed by atoms with van der Waals surface area (Å²) in [4.78, 5) is 33.3. The van der Waals surface area contributed by atoms with Crippen molar-refractivity contribution in [1.82, 2.24) is 0 Å². The molecule has 0 aliphatic carbocycles. The molecule has 0 bridgehead atoms. The predicted octanol–water partition coefficient (Wildman–Crippen LogP) is 3.23. The number of anilines is 2. The average Bonchev–Trinajstić information content (AvgIpc) is 2.68. The fourth-order valence-corrected chi connectivity index (χ4v) is 3.32. The molecule has 0 fully saturated rings. The van der Waals surface area contributed by atoms with Gasteiger partial charge < -0.3 is 14.5 Å². The zero-order valence-corrected chi connectivity index (χ0v) is 15.2. The molecule has 0 saturated heterocycles. The highest BCUT2D eigenvalue weighted by Crippen LogP contribution is 2.37. The van der Waals surface area contributed by atoms with Crippen molar-refractivity contribution in [2.45, 2.75) is 0 Å². The third kappa shape index (κ3) is 4.63. The summed E-state index contributed by atoms with van der Waals surface area (Å²) in [5.41, 5.74) is 1.33. The molecular formula is C20H18NO5P. The van der Waals surface area contributed by atoms with Crippen LogP contribution in [0.1, 0.15) is 0 Å². The Bertz CT molecular complexity index is 917. The second-order valence-electron chi connectivity index (χ2n) is 5.70. The van der Waals surface area contributed by atoms with E-state index in [4.69, 9.17) is 4.74 Å². The summed E-state index contributed by atoms with van der Waals surface area (Å²) < 4.78 is 17.1. The number of ether oxygens (including phenoxy) is 1. The maximum absolute atomic E-state index is 12.9. The van der Waals surface area contributed by atoms with Crippen molar-refractivity contribution in [2.75, 3.05) is 11.5 Å². The average molecular weight is 383 g/mol. The molecule has 0 saturated carbocycles. The molecule has 1 amide bonds. The zero-order valence-electron chi connectivity index (χ0n) is 14.3. The number of amides is 1. The van der Waals surface area contributed by atoms with Crippen molar-refractivity contribution in [3.8, 4) is 5.75 Å². The van der Waals surface area contributed by atoms with Crippen LogP contribution in [0, 0.1) is 0 Å². The molecule has 0 unspecified atom stereocenters. The molecule has 0 aromatic heterocycles. The molecule has 3 rings (SSSR count). The van der Waals surface area contributed by atoms with Crippen LogP contribution in [-0.4, -0.2) is 22.3 Å². The molecule has 0 heterocycles. The van der Waals surface area contributed by atoms with E-state index in [2.05, 4.69) is 0 Å². The fourth-order valence-electron chi connectivity index (χ4n) is 2.62. The van der Waals surface area contributed by atoms with Crippen molar-refractivity contribution in [2.24, 2.45) is 0 Å². The van der Waals surface area contributed by atoms with Gasteiger partial charge >= 0.3 is 7.60 Å². The summed E-state index contributed by atoms with van der Waals surface area (Å²) >= 11 is 0. The molecule has 3 aromatic carbocycles. The summed E-state index contributed by atoms with van der Waals surface area (Å²) in [5, 5.41) is -0.247. The van der Waals surface area contributed by atoms with E-state index >= 15 is 0 Å². The molecular weight excluding hydrogens is 365 g/mol. The lowest BCUT2D eigenvalue weighted by Crippen LogP contribution is -2.31. The highest BCUT2D eigenvalue weighted by Gasteiger charge is 2.24.